The van der Waals surface area contributed by atoms with Crippen molar-refractivity contribution in [2.75, 3.05) is 37.0 Å². The van der Waals surface area contributed by atoms with Crippen molar-refractivity contribution in [3.8, 4) is 22.6 Å². The second kappa shape index (κ2) is 12.7. The predicted octanol–water partition coefficient (Wildman–Crippen LogP) is 7.19. The molecule has 0 atom stereocenters. The first-order valence-electron chi connectivity index (χ1n) is 13.8. The molecule has 13 heteroatoms. The van der Waals surface area contributed by atoms with E-state index in [2.05, 4.69) is 20.0 Å². The van der Waals surface area contributed by atoms with E-state index in [1.54, 1.807) is 12.1 Å². The Morgan fingerprint density at radius 3 is 2.20 bits per heavy atom. The highest BCUT2D eigenvalue weighted by Gasteiger charge is 2.30. The number of hydrogen-bond donors (Lipinski definition) is 0. The highest BCUT2D eigenvalue weighted by atomic mass is 19.4. The molecule has 1 aliphatic heterocycles. The molecule has 1 saturated heterocycles. The second-order valence-electron chi connectivity index (χ2n) is 10.7. The van der Waals surface area contributed by atoms with Crippen LogP contribution in [0.1, 0.15) is 36.3 Å². The molecule has 0 radical (unpaired) electrons. The third-order valence-electron chi connectivity index (χ3n) is 7.84. The maximum absolute atomic E-state index is 15.3. The second-order valence-corrected chi connectivity index (χ2v) is 10.7. The first-order valence-corrected chi connectivity index (χ1v) is 13.8. The fraction of sp³-hybridized carbons (Fsp3) is 0.323. The summed E-state index contributed by atoms with van der Waals surface area (Å²) in [6, 6.07) is 14.1. The van der Waals surface area contributed by atoms with Gasteiger partial charge in [-0.15, -0.1) is 10.2 Å². The van der Waals surface area contributed by atoms with Gasteiger partial charge >= 0.3 is 12.6 Å². The van der Waals surface area contributed by atoms with Gasteiger partial charge in [-0.3, -0.25) is 4.79 Å². The van der Waals surface area contributed by atoms with Crippen LogP contribution in [0.5, 0.6) is 0 Å². The number of likely N-dealkylation sites (tertiary alicyclic amines) is 1. The molecule has 1 amide bonds. The van der Waals surface area contributed by atoms with E-state index in [0.29, 0.717) is 28.9 Å². The molecule has 0 unspecified atom stereocenters. The normalized spacial score (nSPS) is 14.7. The number of anilines is 2. The van der Waals surface area contributed by atoms with E-state index in [0.717, 1.165) is 44.1 Å². The summed E-state index contributed by atoms with van der Waals surface area (Å²) in [4.78, 5) is 18.2. The van der Waals surface area contributed by atoms with Crippen molar-refractivity contribution in [1.29, 1.82) is 0 Å². The van der Waals surface area contributed by atoms with Gasteiger partial charge in [-0.05, 0) is 80.5 Å². The summed E-state index contributed by atoms with van der Waals surface area (Å²) >= 11 is 0. The lowest BCUT2D eigenvalue weighted by Gasteiger charge is -2.38. The summed E-state index contributed by atoms with van der Waals surface area (Å²) in [5.41, 5.74) is 1.67. The van der Waals surface area contributed by atoms with Gasteiger partial charge in [0.1, 0.15) is 5.82 Å². The zero-order valence-corrected chi connectivity index (χ0v) is 23.9. The molecule has 0 N–H and O–H groups in total. The molecule has 7 nitrogen and oxygen atoms in total. The number of amides is 1. The Kier molecular flexibility index (Phi) is 8.95. The number of benzene rings is 3. The predicted molar refractivity (Wildman–Crippen MR) is 153 cm³/mol. The number of nitrogens with zero attached hydrogens (tertiary/aromatic N) is 5. The van der Waals surface area contributed by atoms with E-state index >= 15 is 4.39 Å². The third kappa shape index (κ3) is 6.72. The minimum Gasteiger partial charge on any atom is -0.415 e. The van der Waals surface area contributed by atoms with E-state index in [1.807, 2.05) is 20.2 Å². The molecule has 2 heterocycles. The van der Waals surface area contributed by atoms with Crippen LogP contribution in [0.3, 0.4) is 0 Å². The third-order valence-corrected chi connectivity index (χ3v) is 7.84. The summed E-state index contributed by atoms with van der Waals surface area (Å²) < 4.78 is 85.3. The Morgan fingerprint density at radius 2 is 1.61 bits per heavy atom. The first kappa shape index (κ1) is 31.0. The van der Waals surface area contributed by atoms with Crippen LogP contribution in [0.2, 0.25) is 0 Å². The molecule has 0 spiro atoms. The van der Waals surface area contributed by atoms with Gasteiger partial charge < -0.3 is 19.1 Å². The summed E-state index contributed by atoms with van der Waals surface area (Å²) in [5, 5.41) is 6.80. The molecular formula is C31H29F6N5O2. The first-order chi connectivity index (χ1) is 20.9. The van der Waals surface area contributed by atoms with Gasteiger partial charge in [0, 0.05) is 24.2 Å². The minimum absolute atomic E-state index is 0.0929. The molecule has 0 aliphatic carbocycles. The Labute approximate surface area is 249 Å². The van der Waals surface area contributed by atoms with E-state index < -0.39 is 29.9 Å². The molecule has 232 valence electrons. The standard InChI is InChI=1S/C31H29F6N5O2/c1-40-13-11-24(12-14-40)41(2)26-10-7-20(19-5-8-23(9-6-19)31(35,36)37)16-27(26)42(18-43)17-22-4-3-21(15-25(22)32)29-38-39-30(44-29)28(33)34/h3-10,15-16,18,24,28H,11-14,17H2,1-2H3. The number of aromatic nitrogens is 2. The molecule has 0 bridgehead atoms. The van der Waals surface area contributed by atoms with Gasteiger partial charge in [0.05, 0.1) is 23.5 Å². The van der Waals surface area contributed by atoms with Crippen molar-refractivity contribution in [2.45, 2.75) is 38.0 Å². The number of rotatable bonds is 9. The van der Waals surface area contributed by atoms with Gasteiger partial charge in [-0.2, -0.15) is 22.0 Å². The molecule has 1 aliphatic rings. The molecule has 4 aromatic rings. The van der Waals surface area contributed by atoms with Crippen LogP contribution in [0.25, 0.3) is 22.6 Å². The average molecular weight is 618 g/mol. The molecule has 3 aromatic carbocycles. The van der Waals surface area contributed by atoms with Crippen molar-refractivity contribution in [3.63, 3.8) is 0 Å². The van der Waals surface area contributed by atoms with E-state index in [9.17, 15) is 26.7 Å². The zero-order valence-electron chi connectivity index (χ0n) is 23.9. The Morgan fingerprint density at radius 1 is 0.955 bits per heavy atom. The highest BCUT2D eigenvalue weighted by Crippen LogP contribution is 2.38. The van der Waals surface area contributed by atoms with Gasteiger partial charge in [-0.1, -0.05) is 24.3 Å². The van der Waals surface area contributed by atoms with Crippen LogP contribution in [-0.4, -0.2) is 54.7 Å². The van der Waals surface area contributed by atoms with Gasteiger partial charge in [0.25, 0.3) is 5.89 Å². The SMILES string of the molecule is CN1CCC(N(C)c2ccc(-c3ccc(C(F)(F)F)cc3)cc2N(C=O)Cc2ccc(-c3nnc(C(F)F)o3)cc2F)CC1. The molecule has 1 fully saturated rings. The molecule has 5 rings (SSSR count). The van der Waals surface area contributed by atoms with Crippen LogP contribution in [0.15, 0.2) is 65.1 Å². The van der Waals surface area contributed by atoms with Crippen molar-refractivity contribution in [3.05, 3.63) is 83.5 Å². The number of halogens is 6. The lowest BCUT2D eigenvalue weighted by Crippen LogP contribution is -2.42. The molecule has 0 saturated carbocycles. The molecule has 44 heavy (non-hydrogen) atoms. The van der Waals surface area contributed by atoms with Crippen molar-refractivity contribution in [1.82, 2.24) is 15.1 Å². The molecular weight excluding hydrogens is 588 g/mol. The Balaban J connectivity index is 1.49. The summed E-state index contributed by atoms with van der Waals surface area (Å²) in [6.45, 7) is 1.59. The van der Waals surface area contributed by atoms with Gasteiger partial charge in [0.15, 0.2) is 0 Å². The van der Waals surface area contributed by atoms with Crippen LogP contribution in [0, 0.1) is 5.82 Å². The van der Waals surface area contributed by atoms with Crippen LogP contribution >= 0.6 is 0 Å². The smallest absolute Gasteiger partial charge is 0.415 e. The molecule has 1 aromatic heterocycles. The summed E-state index contributed by atoms with van der Waals surface area (Å²) in [7, 11) is 3.97. The lowest BCUT2D eigenvalue weighted by atomic mass is 9.99. The van der Waals surface area contributed by atoms with E-state index in [4.69, 9.17) is 4.42 Å². The van der Waals surface area contributed by atoms with Crippen LogP contribution in [0.4, 0.5) is 37.7 Å². The zero-order chi connectivity index (χ0) is 31.6. The number of alkyl halides is 5. The van der Waals surface area contributed by atoms with Crippen molar-refractivity contribution >= 4 is 17.8 Å². The fourth-order valence-electron chi connectivity index (χ4n) is 5.27. The number of piperidine rings is 1. The van der Waals surface area contributed by atoms with E-state index in [-0.39, 0.29) is 29.6 Å². The van der Waals surface area contributed by atoms with Gasteiger partial charge in [0.2, 0.25) is 12.3 Å². The Hall–Kier alpha value is -4.39. The topological polar surface area (TPSA) is 65.7 Å². The quantitative estimate of drug-likeness (QED) is 0.146. The maximum atomic E-state index is 15.3. The number of hydrogen-bond acceptors (Lipinski definition) is 6. The van der Waals surface area contributed by atoms with Crippen LogP contribution in [-0.2, 0) is 17.5 Å². The van der Waals surface area contributed by atoms with Crippen molar-refractivity contribution < 1.29 is 35.6 Å². The largest absolute Gasteiger partial charge is 0.416 e. The van der Waals surface area contributed by atoms with E-state index in [1.165, 1.54) is 29.2 Å². The minimum atomic E-state index is -4.48. The van der Waals surface area contributed by atoms with Crippen LogP contribution < -0.4 is 9.80 Å². The number of carbonyl (C=O) groups excluding carboxylic acids is 1. The lowest BCUT2D eigenvalue weighted by molar-refractivity contribution is -0.137. The number of carbonyl (C=O) groups is 1. The average Bonchev–Trinajstić information content (AvgIpc) is 3.51. The summed E-state index contributed by atoms with van der Waals surface area (Å²) in [6.07, 6.45) is -5.12. The monoisotopic (exact) mass is 617 g/mol. The maximum Gasteiger partial charge on any atom is 0.416 e. The fourth-order valence-corrected chi connectivity index (χ4v) is 5.27. The van der Waals surface area contributed by atoms with Crippen molar-refractivity contribution in [2.24, 2.45) is 0 Å². The van der Waals surface area contributed by atoms with Gasteiger partial charge in [-0.25, -0.2) is 4.39 Å². The summed E-state index contributed by atoms with van der Waals surface area (Å²) in [5.74, 6) is -1.88. The highest BCUT2D eigenvalue weighted by molar-refractivity contribution is 5.87. The Bertz CT molecular complexity index is 1600.